The number of nitrogens with one attached hydrogen (secondary N) is 1. The smallest absolute Gasteiger partial charge is 0.317 e. The van der Waals surface area contributed by atoms with E-state index in [1.807, 2.05) is 27.7 Å². The number of carbonyl (C=O) groups excluding carboxylic acids is 1. The van der Waals surface area contributed by atoms with Crippen LogP contribution in [0, 0.1) is 5.41 Å². The second kappa shape index (κ2) is 7.64. The molecular formula is C15H28N2O4. The Balaban J connectivity index is 2.63. The minimum Gasteiger partial charge on any atom is -0.481 e. The van der Waals surface area contributed by atoms with Crippen molar-refractivity contribution >= 4 is 12.0 Å². The van der Waals surface area contributed by atoms with Crippen LogP contribution < -0.4 is 5.32 Å². The molecule has 0 aromatic carbocycles. The van der Waals surface area contributed by atoms with E-state index in [0.29, 0.717) is 26.1 Å². The Morgan fingerprint density at radius 3 is 2.67 bits per heavy atom. The highest BCUT2D eigenvalue weighted by Crippen LogP contribution is 2.22. The molecule has 0 bridgehead atoms. The molecule has 21 heavy (non-hydrogen) atoms. The number of urea groups is 1. The maximum absolute atomic E-state index is 12.3. The molecule has 1 aliphatic heterocycles. The van der Waals surface area contributed by atoms with E-state index in [4.69, 9.17) is 9.84 Å². The van der Waals surface area contributed by atoms with E-state index in [-0.39, 0.29) is 30.0 Å². The fourth-order valence-corrected chi connectivity index (χ4v) is 2.57. The van der Waals surface area contributed by atoms with Crippen LogP contribution in [0.1, 0.15) is 47.0 Å². The Bertz CT molecular complexity index is 365. The van der Waals surface area contributed by atoms with E-state index >= 15 is 0 Å². The van der Waals surface area contributed by atoms with Gasteiger partial charge in [0.05, 0.1) is 12.5 Å². The molecule has 0 saturated carbocycles. The number of aliphatic carboxylic acids is 1. The van der Waals surface area contributed by atoms with Crippen LogP contribution in [0.25, 0.3) is 0 Å². The van der Waals surface area contributed by atoms with Crippen LogP contribution in [0.5, 0.6) is 0 Å². The lowest BCUT2D eigenvalue weighted by Crippen LogP contribution is -2.48. The van der Waals surface area contributed by atoms with Crippen LogP contribution in [-0.4, -0.2) is 53.8 Å². The molecule has 1 rings (SSSR count). The molecule has 0 aromatic rings. The van der Waals surface area contributed by atoms with Gasteiger partial charge in [-0.25, -0.2) is 4.79 Å². The molecule has 0 radical (unpaired) electrons. The van der Waals surface area contributed by atoms with Gasteiger partial charge in [-0.05, 0) is 25.2 Å². The van der Waals surface area contributed by atoms with E-state index in [1.165, 1.54) is 0 Å². The van der Waals surface area contributed by atoms with Crippen molar-refractivity contribution in [3.63, 3.8) is 0 Å². The van der Waals surface area contributed by atoms with Crippen LogP contribution in [0.3, 0.4) is 0 Å². The van der Waals surface area contributed by atoms with E-state index in [2.05, 4.69) is 5.32 Å². The lowest BCUT2D eigenvalue weighted by molar-refractivity contribution is -0.137. The predicted molar refractivity (Wildman–Crippen MR) is 80.2 cm³/mol. The summed E-state index contributed by atoms with van der Waals surface area (Å²) in [5.41, 5.74) is -0.0391. The number of rotatable bonds is 4. The number of carbonyl (C=O) groups is 2. The zero-order valence-electron chi connectivity index (χ0n) is 13.5. The monoisotopic (exact) mass is 300 g/mol. The fraction of sp³-hybridized carbons (Fsp3) is 0.867. The zero-order chi connectivity index (χ0) is 16.0. The summed E-state index contributed by atoms with van der Waals surface area (Å²) in [5, 5.41) is 11.9. The summed E-state index contributed by atoms with van der Waals surface area (Å²) < 4.78 is 5.52. The van der Waals surface area contributed by atoms with Gasteiger partial charge in [0.2, 0.25) is 0 Å². The Labute approximate surface area is 126 Å². The normalized spacial score (nSPS) is 21.5. The van der Waals surface area contributed by atoms with E-state index in [9.17, 15) is 9.59 Å². The molecular weight excluding hydrogens is 272 g/mol. The van der Waals surface area contributed by atoms with Gasteiger partial charge in [0.1, 0.15) is 0 Å². The Kier molecular flexibility index (Phi) is 6.45. The SMILES string of the molecule is CC1CN(C(=O)NC(CC(=O)O)CC(C)(C)C)CCCO1. The molecule has 2 amide bonds. The van der Waals surface area contributed by atoms with Crippen molar-refractivity contribution in [3.05, 3.63) is 0 Å². The molecule has 0 aliphatic carbocycles. The summed E-state index contributed by atoms with van der Waals surface area (Å²) in [4.78, 5) is 25.0. The van der Waals surface area contributed by atoms with Crippen molar-refractivity contribution in [2.24, 2.45) is 5.41 Å². The third-order valence-corrected chi connectivity index (χ3v) is 3.35. The Morgan fingerprint density at radius 1 is 1.43 bits per heavy atom. The number of ether oxygens (including phenoxy) is 1. The van der Waals surface area contributed by atoms with Gasteiger partial charge in [-0.2, -0.15) is 0 Å². The largest absolute Gasteiger partial charge is 0.481 e. The highest BCUT2D eigenvalue weighted by Gasteiger charge is 2.26. The van der Waals surface area contributed by atoms with Gasteiger partial charge >= 0.3 is 12.0 Å². The van der Waals surface area contributed by atoms with E-state index < -0.39 is 5.97 Å². The zero-order valence-corrected chi connectivity index (χ0v) is 13.5. The first kappa shape index (κ1) is 17.8. The minimum atomic E-state index is -0.892. The van der Waals surface area contributed by atoms with Crippen LogP contribution in [-0.2, 0) is 9.53 Å². The Morgan fingerprint density at radius 2 is 2.10 bits per heavy atom. The van der Waals surface area contributed by atoms with Crippen molar-refractivity contribution < 1.29 is 19.4 Å². The summed E-state index contributed by atoms with van der Waals surface area (Å²) in [6, 6.07) is -0.544. The lowest BCUT2D eigenvalue weighted by atomic mass is 9.87. The topological polar surface area (TPSA) is 78.9 Å². The second-order valence-corrected chi connectivity index (χ2v) is 6.99. The molecule has 6 nitrogen and oxygen atoms in total. The molecule has 6 heteroatoms. The van der Waals surface area contributed by atoms with Crippen molar-refractivity contribution in [1.29, 1.82) is 0 Å². The van der Waals surface area contributed by atoms with Crippen LogP contribution in [0.15, 0.2) is 0 Å². The number of nitrogens with zero attached hydrogens (tertiary/aromatic N) is 1. The Hall–Kier alpha value is -1.30. The quantitative estimate of drug-likeness (QED) is 0.833. The van der Waals surface area contributed by atoms with Crippen molar-refractivity contribution in [1.82, 2.24) is 10.2 Å². The highest BCUT2D eigenvalue weighted by atomic mass is 16.5. The predicted octanol–water partition coefficient (Wildman–Crippen LogP) is 2.09. The number of hydrogen-bond donors (Lipinski definition) is 2. The van der Waals surface area contributed by atoms with Crippen LogP contribution in [0.2, 0.25) is 0 Å². The summed E-state index contributed by atoms with van der Waals surface area (Å²) in [7, 11) is 0. The van der Waals surface area contributed by atoms with Crippen molar-refractivity contribution in [3.8, 4) is 0 Å². The average Bonchev–Trinajstić information content (AvgIpc) is 2.50. The maximum atomic E-state index is 12.3. The summed E-state index contributed by atoms with van der Waals surface area (Å²) >= 11 is 0. The van der Waals surface area contributed by atoms with Crippen LogP contribution >= 0.6 is 0 Å². The van der Waals surface area contributed by atoms with Gasteiger partial charge in [0.15, 0.2) is 0 Å². The lowest BCUT2D eigenvalue weighted by Gasteiger charge is -2.29. The minimum absolute atomic E-state index is 0.0128. The molecule has 0 aromatic heterocycles. The fourth-order valence-electron chi connectivity index (χ4n) is 2.57. The van der Waals surface area contributed by atoms with Gasteiger partial charge in [-0.1, -0.05) is 20.8 Å². The molecule has 1 saturated heterocycles. The first-order valence-electron chi connectivity index (χ1n) is 7.56. The number of hydrogen-bond acceptors (Lipinski definition) is 3. The molecule has 1 fully saturated rings. The van der Waals surface area contributed by atoms with E-state index in [0.717, 1.165) is 6.42 Å². The molecule has 0 spiro atoms. The first-order valence-corrected chi connectivity index (χ1v) is 7.56. The van der Waals surface area contributed by atoms with Crippen molar-refractivity contribution in [2.75, 3.05) is 19.7 Å². The summed E-state index contributed by atoms with van der Waals surface area (Å²) in [6.07, 6.45) is 1.40. The van der Waals surface area contributed by atoms with Gasteiger partial charge in [-0.3, -0.25) is 4.79 Å². The summed E-state index contributed by atoms with van der Waals surface area (Å²) in [6.45, 7) is 9.90. The standard InChI is InChI=1S/C15H28N2O4/c1-11-10-17(6-5-7-21-11)14(20)16-12(8-13(18)19)9-15(2,3)4/h11-12H,5-10H2,1-4H3,(H,16,20)(H,18,19). The van der Waals surface area contributed by atoms with Gasteiger partial charge < -0.3 is 20.1 Å². The average molecular weight is 300 g/mol. The third-order valence-electron chi connectivity index (χ3n) is 3.35. The highest BCUT2D eigenvalue weighted by molar-refractivity contribution is 5.76. The van der Waals surface area contributed by atoms with E-state index in [1.54, 1.807) is 4.90 Å². The van der Waals surface area contributed by atoms with Crippen LogP contribution in [0.4, 0.5) is 4.79 Å². The molecule has 1 heterocycles. The summed E-state index contributed by atoms with van der Waals surface area (Å²) in [5.74, 6) is -0.892. The van der Waals surface area contributed by atoms with Gasteiger partial charge in [0.25, 0.3) is 0 Å². The van der Waals surface area contributed by atoms with Gasteiger partial charge in [-0.15, -0.1) is 0 Å². The molecule has 2 unspecified atom stereocenters. The molecule has 122 valence electrons. The van der Waals surface area contributed by atoms with Crippen molar-refractivity contribution in [2.45, 2.75) is 59.1 Å². The van der Waals surface area contributed by atoms with Gasteiger partial charge in [0, 0.05) is 25.7 Å². The maximum Gasteiger partial charge on any atom is 0.317 e. The number of amides is 2. The third kappa shape index (κ3) is 7.32. The number of carboxylic acids is 1. The number of carboxylic acid groups (broad SMARTS) is 1. The molecule has 2 atom stereocenters. The molecule has 2 N–H and O–H groups in total. The molecule has 1 aliphatic rings. The second-order valence-electron chi connectivity index (χ2n) is 6.99. The first-order chi connectivity index (χ1) is 9.67.